The number of nitrogens with one attached hydrogen (secondary N) is 2. The van der Waals surface area contributed by atoms with Crippen molar-refractivity contribution in [3.8, 4) is 17.2 Å². The summed E-state index contributed by atoms with van der Waals surface area (Å²) in [5.74, 6) is 1.26. The lowest BCUT2D eigenvalue weighted by Gasteiger charge is -2.42. The normalized spacial score (nSPS) is 18.5. The molecule has 1 aromatic heterocycles. The van der Waals surface area contributed by atoms with Gasteiger partial charge >= 0.3 is 0 Å². The van der Waals surface area contributed by atoms with Crippen molar-refractivity contribution in [1.29, 1.82) is 0 Å². The van der Waals surface area contributed by atoms with E-state index in [-0.39, 0.29) is 36.2 Å². The molecule has 5 heterocycles. The van der Waals surface area contributed by atoms with E-state index < -0.39 is 15.8 Å². The number of hydrogen-bond acceptors (Lipinski definition) is 12. The largest absolute Gasteiger partial charge is 0.494 e. The predicted octanol–water partition coefficient (Wildman–Crippen LogP) is 6.21. The van der Waals surface area contributed by atoms with Crippen LogP contribution in [-0.4, -0.2) is 114 Å². The van der Waals surface area contributed by atoms with Crippen LogP contribution in [0, 0.1) is 5.82 Å². The highest BCUT2D eigenvalue weighted by atomic mass is 79.9. The molecule has 2 aromatic carbocycles. The molecular formula is C36H50BrFN8O5S. The summed E-state index contributed by atoms with van der Waals surface area (Å²) in [4.78, 5) is 16.6. The molecule has 6 bridgehead atoms. The van der Waals surface area contributed by atoms with Gasteiger partial charge in [0.05, 0.1) is 53.8 Å². The predicted molar refractivity (Wildman–Crippen MR) is 207 cm³/mol. The second-order valence-corrected chi connectivity index (χ2v) is 16.3. The monoisotopic (exact) mass is 804 g/mol. The maximum atomic E-state index is 15.4. The summed E-state index contributed by atoms with van der Waals surface area (Å²) >= 11 is 3.50. The Kier molecular flexibility index (Phi) is 12.5. The SMILES string of the molecule is CCN(c1cc2c(F)cc1Nc1nc(ncc1Br)Nc1cc(c(N3CCC(N4CCN(C)CC4)CC3)cc1OC)OCCCCCCO2)S(C)(=O)=O. The number of benzene rings is 2. The van der Waals surface area contributed by atoms with Gasteiger partial charge in [-0.15, -0.1) is 0 Å². The van der Waals surface area contributed by atoms with Crippen LogP contribution in [0.2, 0.25) is 0 Å². The van der Waals surface area contributed by atoms with Crippen LogP contribution in [0.3, 0.4) is 0 Å². The molecule has 13 nitrogen and oxygen atoms in total. The Morgan fingerprint density at radius 3 is 2.31 bits per heavy atom. The molecule has 2 N–H and O–H groups in total. The second-order valence-electron chi connectivity index (χ2n) is 13.6. The van der Waals surface area contributed by atoms with Gasteiger partial charge in [-0.1, -0.05) is 0 Å². The molecule has 0 saturated carbocycles. The van der Waals surface area contributed by atoms with Crippen LogP contribution in [0.1, 0.15) is 45.4 Å². The third kappa shape index (κ3) is 9.12. The molecule has 0 spiro atoms. The molecule has 4 aliphatic heterocycles. The first-order valence-corrected chi connectivity index (χ1v) is 20.7. The van der Waals surface area contributed by atoms with E-state index in [9.17, 15) is 8.42 Å². The Morgan fingerprint density at radius 2 is 1.65 bits per heavy atom. The topological polar surface area (TPSA) is 125 Å². The van der Waals surface area contributed by atoms with E-state index >= 15 is 4.39 Å². The third-order valence-electron chi connectivity index (χ3n) is 9.94. The average molecular weight is 806 g/mol. The van der Waals surface area contributed by atoms with Crippen LogP contribution < -0.4 is 34.0 Å². The maximum absolute atomic E-state index is 15.4. The van der Waals surface area contributed by atoms with E-state index in [0.717, 1.165) is 89.1 Å². The third-order valence-corrected chi connectivity index (χ3v) is 11.8. The summed E-state index contributed by atoms with van der Waals surface area (Å²) in [6.45, 7) is 8.97. The molecule has 0 amide bonds. The van der Waals surface area contributed by atoms with E-state index in [1.165, 1.54) is 16.4 Å². The fourth-order valence-electron chi connectivity index (χ4n) is 7.07. The molecule has 284 valence electrons. The molecule has 52 heavy (non-hydrogen) atoms. The average Bonchev–Trinajstić information content (AvgIpc) is 3.12. The highest BCUT2D eigenvalue weighted by Gasteiger charge is 2.29. The number of halogens is 2. The molecule has 0 aliphatic carbocycles. The van der Waals surface area contributed by atoms with Gasteiger partial charge in [0, 0.05) is 82.3 Å². The molecule has 0 atom stereocenters. The first kappa shape index (κ1) is 38.1. The van der Waals surface area contributed by atoms with E-state index in [0.29, 0.717) is 40.8 Å². The van der Waals surface area contributed by atoms with Crippen molar-refractivity contribution < 1.29 is 27.0 Å². The smallest absolute Gasteiger partial charge is 0.232 e. The van der Waals surface area contributed by atoms with Gasteiger partial charge in [0.1, 0.15) is 17.3 Å². The summed E-state index contributed by atoms with van der Waals surface area (Å²) in [5.41, 5.74) is 2.06. The van der Waals surface area contributed by atoms with E-state index in [4.69, 9.17) is 14.2 Å². The van der Waals surface area contributed by atoms with Crippen molar-refractivity contribution in [2.45, 2.75) is 51.5 Å². The van der Waals surface area contributed by atoms with Crippen molar-refractivity contribution in [2.24, 2.45) is 0 Å². The highest BCUT2D eigenvalue weighted by Crippen LogP contribution is 2.42. The van der Waals surface area contributed by atoms with Crippen LogP contribution in [0.5, 0.6) is 17.2 Å². The Labute approximate surface area is 315 Å². The van der Waals surface area contributed by atoms with E-state index in [1.807, 2.05) is 12.1 Å². The lowest BCUT2D eigenvalue weighted by molar-refractivity contribution is 0.0981. The van der Waals surface area contributed by atoms with Crippen molar-refractivity contribution in [1.82, 2.24) is 19.8 Å². The standard InChI is InChI=1S/C36H50BrFN8O5S/c1-5-46(52(4,47)48)30-22-32-27(38)20-28(30)40-35-26(37)24-39-36(42-35)41-29-21-34(51-19-9-7-6-8-18-50-32)31(23-33(29)49-3)45-12-10-25(11-13-45)44-16-14-43(2)15-17-44/h20-25H,5-19H2,1-4H3,(H2,39,40,41,42). The second kappa shape index (κ2) is 17.0. The maximum Gasteiger partial charge on any atom is 0.232 e. The number of hydrogen-bond donors (Lipinski definition) is 2. The number of fused-ring (bicyclic) bond motifs is 9. The van der Waals surface area contributed by atoms with Crippen LogP contribution in [0.4, 0.5) is 38.9 Å². The molecule has 0 radical (unpaired) electrons. The van der Waals surface area contributed by atoms with Crippen molar-refractivity contribution >= 4 is 60.5 Å². The number of piperidine rings is 1. The molecule has 2 fully saturated rings. The number of likely N-dealkylation sites (N-methyl/N-ethyl adjacent to an activating group) is 1. The fourth-order valence-corrected chi connectivity index (χ4v) is 8.33. The van der Waals surface area contributed by atoms with Crippen LogP contribution in [0.25, 0.3) is 0 Å². The summed E-state index contributed by atoms with van der Waals surface area (Å²) in [6.07, 6.45) is 8.16. The summed E-state index contributed by atoms with van der Waals surface area (Å²) in [5, 5.41) is 6.43. The number of sulfonamides is 1. The van der Waals surface area contributed by atoms with Crippen LogP contribution in [-0.2, 0) is 10.0 Å². The zero-order valence-corrected chi connectivity index (χ0v) is 32.9. The number of aromatic nitrogens is 2. The van der Waals surface area contributed by atoms with Gasteiger partial charge < -0.3 is 34.6 Å². The van der Waals surface area contributed by atoms with Crippen molar-refractivity contribution in [3.05, 3.63) is 40.8 Å². The van der Waals surface area contributed by atoms with Gasteiger partial charge in [-0.3, -0.25) is 9.21 Å². The number of anilines is 6. The Morgan fingerprint density at radius 1 is 0.962 bits per heavy atom. The van der Waals surface area contributed by atoms with Gasteiger partial charge in [0.2, 0.25) is 16.0 Å². The molecule has 3 aromatic rings. The van der Waals surface area contributed by atoms with Crippen molar-refractivity contribution in [2.75, 3.05) is 99.3 Å². The van der Waals surface area contributed by atoms with Crippen LogP contribution in [0.15, 0.2) is 34.9 Å². The Hall–Kier alpha value is -3.60. The van der Waals surface area contributed by atoms with Crippen molar-refractivity contribution in [3.63, 3.8) is 0 Å². The van der Waals surface area contributed by atoms with Crippen LogP contribution >= 0.6 is 15.9 Å². The molecule has 0 unspecified atom stereocenters. The fraction of sp³-hybridized carbons (Fsp3) is 0.556. The zero-order valence-electron chi connectivity index (χ0n) is 30.5. The van der Waals surface area contributed by atoms with E-state index in [2.05, 4.69) is 58.3 Å². The first-order valence-electron chi connectivity index (χ1n) is 18.1. The molecule has 16 heteroatoms. The molecule has 4 aliphatic rings. The summed E-state index contributed by atoms with van der Waals surface area (Å²) in [6, 6.07) is 7.21. The first-order chi connectivity index (χ1) is 25.0. The minimum Gasteiger partial charge on any atom is -0.494 e. The minimum absolute atomic E-state index is 0.0184. The lowest BCUT2D eigenvalue weighted by atomic mass is 10.0. The summed E-state index contributed by atoms with van der Waals surface area (Å²) in [7, 11) is 0.121. The van der Waals surface area contributed by atoms with E-state index in [1.54, 1.807) is 20.2 Å². The Balaban J connectivity index is 1.32. The molecular weight excluding hydrogens is 755 g/mol. The van der Waals surface area contributed by atoms with Gasteiger partial charge in [0.25, 0.3) is 0 Å². The van der Waals surface area contributed by atoms with Gasteiger partial charge in [-0.25, -0.2) is 17.8 Å². The lowest BCUT2D eigenvalue weighted by Crippen LogP contribution is -2.52. The summed E-state index contributed by atoms with van der Waals surface area (Å²) < 4.78 is 61.0. The Bertz CT molecular complexity index is 1810. The number of ether oxygens (including phenoxy) is 3. The van der Waals surface area contributed by atoms with Gasteiger partial charge in [-0.2, -0.15) is 4.98 Å². The quantitative estimate of drug-likeness (QED) is 0.295. The number of piperazine rings is 1. The van der Waals surface area contributed by atoms with Gasteiger partial charge in [0.15, 0.2) is 11.6 Å². The molecule has 7 rings (SSSR count). The number of rotatable bonds is 6. The number of nitrogens with zero attached hydrogens (tertiary/aromatic N) is 6. The zero-order chi connectivity index (χ0) is 36.8. The minimum atomic E-state index is -3.71. The molecule has 2 saturated heterocycles. The van der Waals surface area contributed by atoms with Gasteiger partial charge in [-0.05, 0) is 68.4 Å². The highest BCUT2D eigenvalue weighted by molar-refractivity contribution is 9.10. The number of methoxy groups -OCH3 is 1.